The van der Waals surface area contributed by atoms with Crippen molar-refractivity contribution in [1.29, 1.82) is 0 Å². The van der Waals surface area contributed by atoms with E-state index in [-0.39, 0.29) is 6.54 Å². The van der Waals surface area contributed by atoms with Gasteiger partial charge in [-0.15, -0.1) is 0 Å². The second-order valence-corrected chi connectivity index (χ2v) is 3.76. The first kappa shape index (κ1) is 17.0. The number of rotatable bonds is 8. The molecule has 0 aromatic heterocycles. The summed E-state index contributed by atoms with van der Waals surface area (Å²) >= 11 is 0. The van der Waals surface area contributed by atoms with Crippen LogP contribution in [0.2, 0.25) is 0 Å². The van der Waals surface area contributed by atoms with Crippen molar-refractivity contribution in [2.75, 3.05) is 33.4 Å². The van der Waals surface area contributed by atoms with Crippen molar-refractivity contribution in [2.24, 2.45) is 4.99 Å². The van der Waals surface area contributed by atoms with Gasteiger partial charge in [0.05, 0.1) is 13.0 Å². The summed E-state index contributed by atoms with van der Waals surface area (Å²) in [5.41, 5.74) is 0. The molecule has 0 aliphatic rings. The minimum Gasteiger partial charge on any atom is -0.380 e. The summed E-state index contributed by atoms with van der Waals surface area (Å²) < 4.78 is 41.0. The number of nitrogens with one attached hydrogen (secondary N) is 2. The molecule has 0 aromatic carbocycles. The molecule has 0 unspecified atom stereocenters. The van der Waals surface area contributed by atoms with Crippen molar-refractivity contribution < 1.29 is 17.9 Å². The SMILES string of the molecule is CCCCOCCNC(=NC)NCCC(F)(F)F. The lowest BCUT2D eigenvalue weighted by Gasteiger charge is -2.12. The summed E-state index contributed by atoms with van der Waals surface area (Å²) in [7, 11) is 1.51. The molecule has 7 heteroatoms. The molecule has 0 saturated carbocycles. The molecule has 0 aliphatic carbocycles. The van der Waals surface area contributed by atoms with Gasteiger partial charge in [0.15, 0.2) is 5.96 Å². The van der Waals surface area contributed by atoms with Gasteiger partial charge in [-0.05, 0) is 6.42 Å². The van der Waals surface area contributed by atoms with Crippen LogP contribution in [0.3, 0.4) is 0 Å². The number of hydrogen-bond donors (Lipinski definition) is 2. The number of ether oxygens (including phenoxy) is 1. The minimum atomic E-state index is -4.14. The summed E-state index contributed by atoms with van der Waals surface area (Å²) in [6.07, 6.45) is -2.93. The van der Waals surface area contributed by atoms with Gasteiger partial charge in [-0.2, -0.15) is 13.2 Å². The Bertz CT molecular complexity index is 232. The molecule has 0 amide bonds. The summed E-state index contributed by atoms with van der Waals surface area (Å²) in [5.74, 6) is 0.360. The van der Waals surface area contributed by atoms with E-state index in [9.17, 15) is 13.2 Å². The van der Waals surface area contributed by atoms with Crippen LogP contribution in [0, 0.1) is 0 Å². The Morgan fingerprint density at radius 1 is 1.17 bits per heavy atom. The number of nitrogens with zero attached hydrogens (tertiary/aromatic N) is 1. The quantitative estimate of drug-likeness (QED) is 0.402. The molecule has 0 aromatic rings. The molecule has 0 radical (unpaired) electrons. The average molecular weight is 269 g/mol. The van der Waals surface area contributed by atoms with Crippen molar-refractivity contribution in [2.45, 2.75) is 32.4 Å². The molecule has 2 N–H and O–H groups in total. The molecule has 0 rings (SSSR count). The van der Waals surface area contributed by atoms with E-state index in [1.54, 1.807) is 0 Å². The van der Waals surface area contributed by atoms with Gasteiger partial charge < -0.3 is 15.4 Å². The highest BCUT2D eigenvalue weighted by atomic mass is 19.4. The van der Waals surface area contributed by atoms with Crippen molar-refractivity contribution in [3.05, 3.63) is 0 Å². The van der Waals surface area contributed by atoms with E-state index in [4.69, 9.17) is 4.74 Å². The predicted octanol–water partition coefficient (Wildman–Crippen LogP) is 1.92. The summed E-state index contributed by atoms with van der Waals surface area (Å²) in [6.45, 7) is 3.64. The second kappa shape index (κ2) is 9.99. The van der Waals surface area contributed by atoms with E-state index in [2.05, 4.69) is 22.5 Å². The number of aliphatic imine (C=N–C) groups is 1. The summed E-state index contributed by atoms with van der Waals surface area (Å²) in [6, 6.07) is 0. The van der Waals surface area contributed by atoms with Crippen LogP contribution in [0.1, 0.15) is 26.2 Å². The smallest absolute Gasteiger partial charge is 0.380 e. The van der Waals surface area contributed by atoms with E-state index in [1.165, 1.54) is 7.05 Å². The van der Waals surface area contributed by atoms with Crippen molar-refractivity contribution in [1.82, 2.24) is 10.6 Å². The third-order valence-electron chi connectivity index (χ3n) is 2.11. The Labute approximate surface area is 106 Å². The van der Waals surface area contributed by atoms with E-state index in [0.29, 0.717) is 25.7 Å². The third-order valence-corrected chi connectivity index (χ3v) is 2.11. The fourth-order valence-electron chi connectivity index (χ4n) is 1.13. The average Bonchev–Trinajstić information content (AvgIpc) is 2.29. The molecular weight excluding hydrogens is 247 g/mol. The Morgan fingerprint density at radius 3 is 2.39 bits per heavy atom. The lowest BCUT2D eigenvalue weighted by atomic mass is 10.4. The van der Waals surface area contributed by atoms with Gasteiger partial charge in [0.25, 0.3) is 0 Å². The Hall–Kier alpha value is -0.980. The first-order valence-corrected chi connectivity index (χ1v) is 6.08. The monoisotopic (exact) mass is 269 g/mol. The standard InChI is InChI=1S/C11H22F3N3O/c1-3-4-8-18-9-7-17-10(15-2)16-6-5-11(12,13)14/h3-9H2,1-2H3,(H2,15,16,17). The van der Waals surface area contributed by atoms with Gasteiger partial charge in [0, 0.05) is 26.7 Å². The van der Waals surface area contributed by atoms with Crippen LogP contribution in [0.5, 0.6) is 0 Å². The van der Waals surface area contributed by atoms with Crippen LogP contribution >= 0.6 is 0 Å². The van der Waals surface area contributed by atoms with Crippen molar-refractivity contribution in [3.63, 3.8) is 0 Å². The zero-order valence-electron chi connectivity index (χ0n) is 10.9. The number of alkyl halides is 3. The van der Waals surface area contributed by atoms with E-state index in [0.717, 1.165) is 12.8 Å². The molecule has 0 fully saturated rings. The van der Waals surface area contributed by atoms with E-state index < -0.39 is 12.6 Å². The summed E-state index contributed by atoms with van der Waals surface area (Å²) in [5, 5.41) is 5.47. The molecule has 0 spiro atoms. The molecule has 0 heterocycles. The third kappa shape index (κ3) is 11.5. The number of unbranched alkanes of at least 4 members (excludes halogenated alkanes) is 1. The van der Waals surface area contributed by atoms with Gasteiger partial charge in [-0.3, -0.25) is 4.99 Å². The molecule has 0 saturated heterocycles. The molecule has 0 bridgehead atoms. The summed E-state index contributed by atoms with van der Waals surface area (Å²) in [4.78, 5) is 3.81. The fourth-order valence-corrected chi connectivity index (χ4v) is 1.13. The first-order valence-electron chi connectivity index (χ1n) is 6.08. The van der Waals surface area contributed by atoms with Gasteiger partial charge in [-0.25, -0.2) is 0 Å². The van der Waals surface area contributed by atoms with Crippen molar-refractivity contribution >= 4 is 5.96 Å². The van der Waals surface area contributed by atoms with Gasteiger partial charge >= 0.3 is 6.18 Å². The fraction of sp³-hybridized carbons (Fsp3) is 0.909. The lowest BCUT2D eigenvalue weighted by molar-refractivity contribution is -0.132. The van der Waals surface area contributed by atoms with Crippen molar-refractivity contribution in [3.8, 4) is 0 Å². The van der Waals surface area contributed by atoms with Crippen LogP contribution in [-0.4, -0.2) is 45.5 Å². The predicted molar refractivity (Wildman–Crippen MR) is 65.8 cm³/mol. The maximum absolute atomic E-state index is 11.9. The van der Waals surface area contributed by atoms with Gasteiger partial charge in [-0.1, -0.05) is 13.3 Å². The molecule has 4 nitrogen and oxygen atoms in total. The number of guanidine groups is 1. The normalized spacial score (nSPS) is 12.6. The first-order chi connectivity index (χ1) is 8.49. The molecule has 108 valence electrons. The van der Waals surface area contributed by atoms with Gasteiger partial charge in [0.2, 0.25) is 0 Å². The highest BCUT2D eigenvalue weighted by molar-refractivity contribution is 5.79. The Morgan fingerprint density at radius 2 is 1.83 bits per heavy atom. The highest BCUT2D eigenvalue weighted by Gasteiger charge is 2.26. The maximum Gasteiger partial charge on any atom is 0.390 e. The number of hydrogen-bond acceptors (Lipinski definition) is 2. The van der Waals surface area contributed by atoms with Crippen LogP contribution in [0.15, 0.2) is 4.99 Å². The number of halogens is 3. The molecular formula is C11H22F3N3O. The minimum absolute atomic E-state index is 0.181. The maximum atomic E-state index is 11.9. The Kier molecular flexibility index (Phi) is 9.45. The topological polar surface area (TPSA) is 45.6 Å². The Balaban J connectivity index is 3.54. The zero-order chi connectivity index (χ0) is 13.9. The van der Waals surface area contributed by atoms with Gasteiger partial charge in [0.1, 0.15) is 0 Å². The largest absolute Gasteiger partial charge is 0.390 e. The lowest BCUT2D eigenvalue weighted by Crippen LogP contribution is -2.40. The van der Waals surface area contributed by atoms with E-state index in [1.807, 2.05) is 0 Å². The molecule has 0 atom stereocenters. The van der Waals surface area contributed by atoms with Crippen LogP contribution in [-0.2, 0) is 4.74 Å². The van der Waals surface area contributed by atoms with E-state index >= 15 is 0 Å². The second-order valence-electron chi connectivity index (χ2n) is 3.76. The van der Waals surface area contributed by atoms with Crippen LogP contribution < -0.4 is 10.6 Å². The molecule has 18 heavy (non-hydrogen) atoms. The highest BCUT2D eigenvalue weighted by Crippen LogP contribution is 2.17. The van der Waals surface area contributed by atoms with Crippen LogP contribution in [0.25, 0.3) is 0 Å². The van der Waals surface area contributed by atoms with Crippen LogP contribution in [0.4, 0.5) is 13.2 Å². The zero-order valence-corrected chi connectivity index (χ0v) is 10.9. The molecule has 0 aliphatic heterocycles.